The molecule has 1 aromatic rings. The summed E-state index contributed by atoms with van der Waals surface area (Å²) in [5, 5.41) is 14.2. The van der Waals surface area contributed by atoms with E-state index in [0.29, 0.717) is 11.6 Å². The lowest BCUT2D eigenvalue weighted by atomic mass is 10.2. The van der Waals surface area contributed by atoms with Crippen LogP contribution in [0.4, 0.5) is 17.3 Å². The third-order valence-corrected chi connectivity index (χ3v) is 3.97. The van der Waals surface area contributed by atoms with Crippen LogP contribution in [0.15, 0.2) is 12.1 Å². The van der Waals surface area contributed by atoms with Crippen molar-refractivity contribution in [1.29, 1.82) is 0 Å². The number of hydrogen-bond donors (Lipinski definition) is 1. The van der Waals surface area contributed by atoms with Gasteiger partial charge in [-0.15, -0.1) is 0 Å². The van der Waals surface area contributed by atoms with Crippen molar-refractivity contribution in [2.24, 2.45) is 0 Å². The summed E-state index contributed by atoms with van der Waals surface area (Å²) >= 11 is 1.80. The van der Waals surface area contributed by atoms with Gasteiger partial charge in [0.15, 0.2) is 0 Å². The molecule has 1 N–H and O–H groups in total. The average molecular weight is 312 g/mol. The van der Waals surface area contributed by atoms with E-state index in [1.54, 1.807) is 11.8 Å². The van der Waals surface area contributed by atoms with Gasteiger partial charge in [-0.3, -0.25) is 10.1 Å². The molecular weight excluding hydrogens is 288 g/mol. The van der Waals surface area contributed by atoms with Gasteiger partial charge in [-0.1, -0.05) is 6.92 Å². The minimum Gasteiger partial charge on any atom is -0.370 e. The number of hydrogen-bond acceptors (Lipinski definition) is 6. The third-order valence-electron chi connectivity index (χ3n) is 3.33. The predicted molar refractivity (Wildman–Crippen MR) is 90.5 cm³/mol. The molecule has 0 bridgehead atoms. The minimum absolute atomic E-state index is 0.0718. The third kappa shape index (κ3) is 5.41. The molecule has 1 rings (SSSR count). The number of thioether (sulfide) groups is 1. The summed E-state index contributed by atoms with van der Waals surface area (Å²) in [6, 6.07) is 3.30. The van der Waals surface area contributed by atoms with Gasteiger partial charge in [-0.2, -0.15) is 11.8 Å². The van der Waals surface area contributed by atoms with E-state index in [0.717, 1.165) is 25.1 Å². The highest BCUT2D eigenvalue weighted by Crippen LogP contribution is 2.24. The van der Waals surface area contributed by atoms with Crippen LogP contribution in [-0.4, -0.2) is 41.6 Å². The van der Waals surface area contributed by atoms with Crippen molar-refractivity contribution in [3.05, 3.63) is 22.2 Å². The highest BCUT2D eigenvalue weighted by Gasteiger charge is 2.17. The van der Waals surface area contributed by atoms with Gasteiger partial charge in [-0.05, 0) is 31.8 Å². The molecule has 7 heteroatoms. The van der Waals surface area contributed by atoms with Gasteiger partial charge >= 0.3 is 0 Å². The van der Waals surface area contributed by atoms with E-state index < -0.39 is 0 Å². The SMILES string of the molecule is CCCNc1cc([N+](=O)[O-])cc(N(C)C(C)CCSC)n1. The molecule has 0 radical (unpaired) electrons. The van der Waals surface area contributed by atoms with Gasteiger partial charge < -0.3 is 10.2 Å². The molecule has 1 unspecified atom stereocenters. The number of aromatic nitrogens is 1. The molecular formula is C14H24N4O2S. The highest BCUT2D eigenvalue weighted by molar-refractivity contribution is 7.98. The Morgan fingerprint density at radius 2 is 2.24 bits per heavy atom. The van der Waals surface area contributed by atoms with E-state index in [1.807, 2.05) is 18.9 Å². The van der Waals surface area contributed by atoms with Crippen molar-refractivity contribution in [2.45, 2.75) is 32.7 Å². The molecule has 0 saturated carbocycles. The number of pyridine rings is 1. The molecule has 1 heterocycles. The molecule has 0 aliphatic rings. The molecule has 21 heavy (non-hydrogen) atoms. The van der Waals surface area contributed by atoms with Gasteiger partial charge in [0.25, 0.3) is 5.69 Å². The zero-order valence-corrected chi connectivity index (χ0v) is 13.9. The number of nitrogens with one attached hydrogen (secondary N) is 1. The smallest absolute Gasteiger partial charge is 0.276 e. The summed E-state index contributed by atoms with van der Waals surface area (Å²) in [6.07, 6.45) is 4.03. The summed E-state index contributed by atoms with van der Waals surface area (Å²) in [5.41, 5.74) is 0.0718. The lowest BCUT2D eigenvalue weighted by molar-refractivity contribution is -0.384. The zero-order valence-electron chi connectivity index (χ0n) is 13.1. The second kappa shape index (κ2) is 8.71. The Labute approximate surface area is 130 Å². The molecule has 0 amide bonds. The quantitative estimate of drug-likeness (QED) is 0.556. The van der Waals surface area contributed by atoms with E-state index in [2.05, 4.69) is 23.5 Å². The van der Waals surface area contributed by atoms with E-state index >= 15 is 0 Å². The molecule has 6 nitrogen and oxygen atoms in total. The monoisotopic (exact) mass is 312 g/mol. The van der Waals surface area contributed by atoms with Gasteiger partial charge in [-0.25, -0.2) is 4.98 Å². The average Bonchev–Trinajstić information content (AvgIpc) is 2.49. The number of nitro groups is 1. The largest absolute Gasteiger partial charge is 0.370 e. The molecule has 0 fully saturated rings. The maximum atomic E-state index is 11.1. The van der Waals surface area contributed by atoms with Crippen LogP contribution in [0.1, 0.15) is 26.7 Å². The van der Waals surface area contributed by atoms with Crippen molar-refractivity contribution in [3.8, 4) is 0 Å². The van der Waals surface area contributed by atoms with Crippen LogP contribution in [0.3, 0.4) is 0 Å². The lowest BCUT2D eigenvalue weighted by Gasteiger charge is -2.26. The molecule has 1 aromatic heterocycles. The minimum atomic E-state index is -0.372. The number of nitrogens with zero attached hydrogens (tertiary/aromatic N) is 3. The summed E-state index contributed by atoms with van der Waals surface area (Å²) in [6.45, 7) is 4.90. The zero-order chi connectivity index (χ0) is 15.8. The molecule has 0 spiro atoms. The summed E-state index contributed by atoms with van der Waals surface area (Å²) in [5.74, 6) is 2.25. The molecule has 0 aliphatic heterocycles. The molecule has 0 aromatic carbocycles. The van der Waals surface area contributed by atoms with E-state index in [9.17, 15) is 10.1 Å². The molecule has 118 valence electrons. The predicted octanol–water partition coefficient (Wildman–Crippen LogP) is 3.39. The normalized spacial score (nSPS) is 12.0. The number of rotatable bonds is 9. The summed E-state index contributed by atoms with van der Waals surface area (Å²) < 4.78 is 0. The van der Waals surface area contributed by atoms with Crippen molar-refractivity contribution >= 4 is 29.1 Å². The van der Waals surface area contributed by atoms with E-state index in [4.69, 9.17) is 0 Å². The number of anilines is 2. The topological polar surface area (TPSA) is 71.3 Å². The highest BCUT2D eigenvalue weighted by atomic mass is 32.2. The Morgan fingerprint density at radius 3 is 2.81 bits per heavy atom. The van der Waals surface area contributed by atoms with Crippen LogP contribution in [-0.2, 0) is 0 Å². The Bertz CT molecular complexity index is 470. The second-order valence-electron chi connectivity index (χ2n) is 4.99. The maximum Gasteiger partial charge on any atom is 0.276 e. The van der Waals surface area contributed by atoms with Crippen molar-refractivity contribution < 1.29 is 4.92 Å². The van der Waals surface area contributed by atoms with Crippen molar-refractivity contribution in [1.82, 2.24) is 4.98 Å². The van der Waals surface area contributed by atoms with Gasteiger partial charge in [0.2, 0.25) is 0 Å². The van der Waals surface area contributed by atoms with Crippen LogP contribution in [0, 0.1) is 10.1 Å². The lowest BCUT2D eigenvalue weighted by Crippen LogP contribution is -2.30. The molecule has 0 aliphatic carbocycles. The first-order valence-corrected chi connectivity index (χ1v) is 8.51. The van der Waals surface area contributed by atoms with Gasteiger partial charge in [0.05, 0.1) is 17.1 Å². The van der Waals surface area contributed by atoms with Crippen molar-refractivity contribution in [3.63, 3.8) is 0 Å². The van der Waals surface area contributed by atoms with Crippen LogP contribution < -0.4 is 10.2 Å². The van der Waals surface area contributed by atoms with E-state index in [1.165, 1.54) is 12.1 Å². The molecule has 0 saturated heterocycles. The fourth-order valence-corrected chi connectivity index (χ4v) is 2.42. The Kier molecular flexibility index (Phi) is 7.28. The first-order chi connectivity index (χ1) is 9.99. The Balaban J connectivity index is 2.97. The van der Waals surface area contributed by atoms with Crippen LogP contribution in [0.2, 0.25) is 0 Å². The van der Waals surface area contributed by atoms with Crippen LogP contribution in [0.5, 0.6) is 0 Å². The summed E-state index contributed by atoms with van der Waals surface area (Å²) in [7, 11) is 1.93. The van der Waals surface area contributed by atoms with E-state index in [-0.39, 0.29) is 16.7 Å². The maximum absolute atomic E-state index is 11.1. The van der Waals surface area contributed by atoms with Crippen LogP contribution >= 0.6 is 11.8 Å². The van der Waals surface area contributed by atoms with Gasteiger partial charge in [0.1, 0.15) is 11.6 Å². The van der Waals surface area contributed by atoms with Gasteiger partial charge in [0, 0.05) is 19.6 Å². The summed E-state index contributed by atoms with van der Waals surface area (Å²) in [4.78, 5) is 17.2. The van der Waals surface area contributed by atoms with Crippen molar-refractivity contribution in [2.75, 3.05) is 35.8 Å². The molecule has 1 atom stereocenters. The Morgan fingerprint density at radius 1 is 1.52 bits per heavy atom. The first-order valence-electron chi connectivity index (χ1n) is 7.11. The Hall–Kier alpha value is -1.50. The first kappa shape index (κ1) is 17.6. The second-order valence-corrected chi connectivity index (χ2v) is 5.98. The fraction of sp³-hybridized carbons (Fsp3) is 0.643. The standard InChI is InChI=1S/C14H24N4O2S/c1-5-7-15-13-9-12(18(19)20)10-14(16-13)17(3)11(2)6-8-21-4/h9-11H,5-8H2,1-4H3,(H,15,16). The van der Waals surface area contributed by atoms with Crippen LogP contribution in [0.25, 0.3) is 0 Å². The fourth-order valence-electron chi connectivity index (χ4n) is 1.84.